The van der Waals surface area contributed by atoms with E-state index in [4.69, 9.17) is 20.5 Å². The highest BCUT2D eigenvalue weighted by Crippen LogP contribution is 2.38. The van der Waals surface area contributed by atoms with Crippen molar-refractivity contribution in [1.29, 1.82) is 0 Å². The molecule has 0 unspecified atom stereocenters. The Hall–Kier alpha value is -4.71. The molecular formula is C30H26ClN3O7S. The van der Waals surface area contributed by atoms with Gasteiger partial charge < -0.3 is 19.3 Å². The molecule has 10 nitrogen and oxygen atoms in total. The Kier molecular flexibility index (Phi) is 9.26. The molecule has 4 aromatic rings. The fourth-order valence-electron chi connectivity index (χ4n) is 4.00. The van der Waals surface area contributed by atoms with Crippen molar-refractivity contribution >= 4 is 45.4 Å². The van der Waals surface area contributed by atoms with Crippen molar-refractivity contribution in [3.05, 3.63) is 119 Å². The van der Waals surface area contributed by atoms with E-state index in [0.717, 1.165) is 0 Å². The van der Waals surface area contributed by atoms with E-state index < -0.39 is 21.6 Å². The van der Waals surface area contributed by atoms with Crippen molar-refractivity contribution in [1.82, 2.24) is 5.43 Å². The van der Waals surface area contributed by atoms with Crippen LogP contribution in [0.1, 0.15) is 23.6 Å². The number of hydrogen-bond donors (Lipinski definition) is 3. The van der Waals surface area contributed by atoms with Gasteiger partial charge in [0.1, 0.15) is 4.90 Å². The average Bonchev–Trinajstić information content (AvgIpc) is 2.98. The van der Waals surface area contributed by atoms with Crippen LogP contribution in [0.4, 0.5) is 5.69 Å². The van der Waals surface area contributed by atoms with Crippen LogP contribution in [0.15, 0.2) is 107 Å². The topological polar surface area (TPSA) is 143 Å². The molecule has 4 rings (SSSR count). The summed E-state index contributed by atoms with van der Waals surface area (Å²) in [4.78, 5) is 24.3. The molecular weight excluding hydrogens is 582 g/mol. The zero-order valence-corrected chi connectivity index (χ0v) is 24.0. The van der Waals surface area contributed by atoms with Crippen LogP contribution in [-0.2, 0) is 25.3 Å². The maximum Gasteiger partial charge on any atom is 0.339 e. The van der Waals surface area contributed by atoms with E-state index >= 15 is 0 Å². The number of carbonyl (C=O) groups excluding carboxylic acids is 2. The molecule has 0 aliphatic heterocycles. The Morgan fingerprint density at radius 3 is 2.02 bits per heavy atom. The van der Waals surface area contributed by atoms with Gasteiger partial charge in [0.2, 0.25) is 11.7 Å². The third kappa shape index (κ3) is 6.77. The summed E-state index contributed by atoms with van der Waals surface area (Å²) in [6.45, 7) is 1.33. The number of aliphatic hydroxyl groups is 1. The van der Waals surface area contributed by atoms with Gasteiger partial charge in [0, 0.05) is 12.6 Å². The summed E-state index contributed by atoms with van der Waals surface area (Å²) in [5.74, 6) is -1.37. The number of hydrazone groups is 1. The predicted octanol–water partition coefficient (Wildman–Crippen LogP) is 4.46. The molecule has 12 heteroatoms. The van der Waals surface area contributed by atoms with Crippen molar-refractivity contribution in [2.75, 3.05) is 12.4 Å². The number of anilines is 1. The molecule has 2 amide bonds. The molecule has 216 valence electrons. The summed E-state index contributed by atoms with van der Waals surface area (Å²) in [5, 5.41) is 17.9. The smallest absolute Gasteiger partial charge is 0.339 e. The maximum atomic E-state index is 13.2. The minimum atomic E-state index is -4.32. The molecule has 0 saturated carbocycles. The predicted molar refractivity (Wildman–Crippen MR) is 158 cm³/mol. The Morgan fingerprint density at radius 2 is 1.50 bits per heavy atom. The standard InChI is InChI=1S/C30H26ClN3O7S/c1-20(35)33-24-13-15-25(16-14-24)42(38,39)41-28-26(31)17-21(18-27(28)40-2)19-32-34-29(36)30(37,22-9-5-3-6-10-22)23-11-7-4-8-12-23/h3-19,37H,1-2H3,(H,33,35)(H,34,36)/b32-19-. The lowest BCUT2D eigenvalue weighted by Gasteiger charge is -2.27. The number of benzene rings is 4. The van der Waals surface area contributed by atoms with Crippen LogP contribution < -0.4 is 19.7 Å². The van der Waals surface area contributed by atoms with Gasteiger partial charge in [-0.2, -0.15) is 13.5 Å². The fraction of sp³-hybridized carbons (Fsp3) is 0.100. The highest BCUT2D eigenvalue weighted by atomic mass is 35.5. The summed E-state index contributed by atoms with van der Waals surface area (Å²) in [5.41, 5.74) is 1.78. The Bertz CT molecular complexity index is 1670. The molecule has 3 N–H and O–H groups in total. The quantitative estimate of drug-likeness (QED) is 0.137. The van der Waals surface area contributed by atoms with Gasteiger partial charge in [-0.1, -0.05) is 72.3 Å². The highest BCUT2D eigenvalue weighted by Gasteiger charge is 2.39. The molecule has 0 aliphatic carbocycles. The third-order valence-electron chi connectivity index (χ3n) is 6.00. The molecule has 0 saturated heterocycles. The van der Waals surface area contributed by atoms with Crippen molar-refractivity contribution in [2.24, 2.45) is 5.10 Å². The van der Waals surface area contributed by atoms with Crippen molar-refractivity contribution in [3.8, 4) is 11.5 Å². The summed E-state index contributed by atoms with van der Waals surface area (Å²) in [7, 11) is -3.02. The zero-order chi connectivity index (χ0) is 30.3. The first-order valence-electron chi connectivity index (χ1n) is 12.4. The molecule has 0 aliphatic rings. The van der Waals surface area contributed by atoms with Crippen LogP contribution in [0.3, 0.4) is 0 Å². The molecule has 0 aromatic heterocycles. The van der Waals surface area contributed by atoms with E-state index in [9.17, 15) is 23.1 Å². The maximum absolute atomic E-state index is 13.2. The number of methoxy groups -OCH3 is 1. The molecule has 0 atom stereocenters. The SMILES string of the molecule is COc1cc(/C=N\NC(=O)C(O)(c2ccccc2)c2ccccc2)cc(Cl)c1OS(=O)(=O)c1ccc(NC(C)=O)cc1. The third-order valence-corrected chi connectivity index (χ3v) is 7.52. The Labute approximate surface area is 247 Å². The number of nitrogens with one attached hydrogen (secondary N) is 2. The van der Waals surface area contributed by atoms with Crippen LogP contribution >= 0.6 is 11.6 Å². The van der Waals surface area contributed by atoms with Gasteiger partial charge in [-0.15, -0.1) is 0 Å². The van der Waals surface area contributed by atoms with E-state index in [-0.39, 0.29) is 27.3 Å². The van der Waals surface area contributed by atoms with Gasteiger partial charge in [-0.3, -0.25) is 9.59 Å². The highest BCUT2D eigenvalue weighted by molar-refractivity contribution is 7.87. The van der Waals surface area contributed by atoms with E-state index in [1.807, 2.05) is 0 Å². The van der Waals surface area contributed by atoms with E-state index in [1.54, 1.807) is 60.7 Å². The first-order chi connectivity index (χ1) is 20.0. The van der Waals surface area contributed by atoms with Crippen LogP contribution in [0.5, 0.6) is 11.5 Å². The lowest BCUT2D eigenvalue weighted by atomic mass is 9.85. The second-order valence-corrected chi connectivity index (χ2v) is 10.9. The minimum absolute atomic E-state index is 0.0150. The second-order valence-electron chi connectivity index (χ2n) is 8.92. The first kappa shape index (κ1) is 30.3. The number of carbonyl (C=O) groups is 2. The fourth-order valence-corrected chi connectivity index (χ4v) is 5.26. The molecule has 0 radical (unpaired) electrons. The number of nitrogens with zero attached hydrogens (tertiary/aromatic N) is 1. The van der Waals surface area contributed by atoms with Gasteiger partial charge >= 0.3 is 10.1 Å². The largest absolute Gasteiger partial charge is 0.493 e. The zero-order valence-electron chi connectivity index (χ0n) is 22.4. The van der Waals surface area contributed by atoms with E-state index in [2.05, 4.69) is 15.8 Å². The van der Waals surface area contributed by atoms with Crippen LogP contribution in [-0.4, -0.2) is 38.7 Å². The second kappa shape index (κ2) is 12.9. The Morgan fingerprint density at radius 1 is 0.929 bits per heavy atom. The average molecular weight is 608 g/mol. The van der Waals surface area contributed by atoms with Crippen LogP contribution in [0.25, 0.3) is 0 Å². The monoisotopic (exact) mass is 607 g/mol. The van der Waals surface area contributed by atoms with Gasteiger partial charge in [0.15, 0.2) is 11.4 Å². The lowest BCUT2D eigenvalue weighted by molar-refractivity contribution is -0.136. The number of amides is 2. The lowest BCUT2D eigenvalue weighted by Crippen LogP contribution is -2.43. The molecule has 0 fully saturated rings. The number of ether oxygens (including phenoxy) is 1. The van der Waals surface area contributed by atoms with Crippen LogP contribution in [0.2, 0.25) is 5.02 Å². The molecule has 4 aromatic carbocycles. The molecule has 0 bridgehead atoms. The van der Waals surface area contributed by atoms with Gasteiger partial charge in [0.25, 0.3) is 5.91 Å². The summed E-state index contributed by atoms with van der Waals surface area (Å²) in [6.07, 6.45) is 1.25. The van der Waals surface area contributed by atoms with Crippen molar-refractivity contribution < 1.29 is 32.0 Å². The molecule has 0 heterocycles. The molecule has 42 heavy (non-hydrogen) atoms. The number of hydrogen-bond acceptors (Lipinski definition) is 8. The van der Waals surface area contributed by atoms with Crippen molar-refractivity contribution in [3.63, 3.8) is 0 Å². The van der Waals surface area contributed by atoms with Gasteiger partial charge in [-0.05, 0) is 53.1 Å². The normalized spacial score (nSPS) is 11.6. The van der Waals surface area contributed by atoms with Crippen LogP contribution in [0, 0.1) is 0 Å². The van der Waals surface area contributed by atoms with E-state index in [0.29, 0.717) is 22.4 Å². The van der Waals surface area contributed by atoms with E-state index in [1.165, 1.54) is 56.6 Å². The summed E-state index contributed by atoms with van der Waals surface area (Å²) in [6, 6.07) is 25.0. The summed E-state index contributed by atoms with van der Waals surface area (Å²) < 4.78 is 36.4. The molecule has 0 spiro atoms. The number of rotatable bonds is 10. The number of halogens is 1. The van der Waals surface area contributed by atoms with Gasteiger partial charge in [-0.25, -0.2) is 5.43 Å². The van der Waals surface area contributed by atoms with Gasteiger partial charge in [0.05, 0.1) is 18.3 Å². The minimum Gasteiger partial charge on any atom is -0.493 e. The first-order valence-corrected chi connectivity index (χ1v) is 14.2. The summed E-state index contributed by atoms with van der Waals surface area (Å²) >= 11 is 6.36. The van der Waals surface area contributed by atoms with Crippen molar-refractivity contribution in [2.45, 2.75) is 17.4 Å². The Balaban J connectivity index is 1.55.